The Bertz CT molecular complexity index is 801. The van der Waals surface area contributed by atoms with E-state index in [9.17, 15) is 19.2 Å². The molecule has 0 bridgehead atoms. The maximum Gasteiger partial charge on any atom is 0.330 e. The highest BCUT2D eigenvalue weighted by Crippen LogP contribution is 2.30. The third-order valence-corrected chi connectivity index (χ3v) is 3.33. The predicted octanol–water partition coefficient (Wildman–Crippen LogP) is -0.700. The monoisotopic (exact) mass is 336 g/mol. The van der Waals surface area contributed by atoms with Crippen molar-refractivity contribution in [3.8, 4) is 12.3 Å². The van der Waals surface area contributed by atoms with E-state index in [4.69, 9.17) is 20.6 Å². The van der Waals surface area contributed by atoms with E-state index in [1.54, 1.807) is 0 Å². The summed E-state index contributed by atoms with van der Waals surface area (Å²) in [5.41, 5.74) is -1.52. The van der Waals surface area contributed by atoms with Gasteiger partial charge in [-0.1, -0.05) is 5.92 Å². The van der Waals surface area contributed by atoms with Crippen molar-refractivity contribution in [1.82, 2.24) is 9.55 Å². The van der Waals surface area contributed by atoms with E-state index in [0.717, 1.165) is 10.8 Å². The number of esters is 2. The van der Waals surface area contributed by atoms with Crippen LogP contribution in [0.5, 0.6) is 0 Å². The number of hydrogen-bond acceptors (Lipinski definition) is 7. The van der Waals surface area contributed by atoms with E-state index in [-0.39, 0.29) is 18.6 Å². The molecule has 2 rings (SSSR count). The van der Waals surface area contributed by atoms with Crippen LogP contribution in [0.1, 0.15) is 32.1 Å². The zero-order valence-corrected chi connectivity index (χ0v) is 13.1. The minimum absolute atomic E-state index is 0.0519. The average molecular weight is 336 g/mol. The van der Waals surface area contributed by atoms with Crippen molar-refractivity contribution in [2.75, 3.05) is 6.61 Å². The van der Waals surface area contributed by atoms with E-state index in [0.29, 0.717) is 0 Å². The minimum atomic E-state index is -0.995. The number of aromatic amines is 1. The van der Waals surface area contributed by atoms with Crippen molar-refractivity contribution in [3.63, 3.8) is 0 Å². The fourth-order valence-electron chi connectivity index (χ4n) is 2.37. The Balaban J connectivity index is 2.33. The molecule has 0 aromatic carbocycles. The second kappa shape index (κ2) is 7.14. The van der Waals surface area contributed by atoms with Crippen LogP contribution in [0.15, 0.2) is 15.8 Å². The van der Waals surface area contributed by atoms with Crippen molar-refractivity contribution in [1.29, 1.82) is 0 Å². The second-order valence-electron chi connectivity index (χ2n) is 5.19. The van der Waals surface area contributed by atoms with Crippen LogP contribution in [0.4, 0.5) is 0 Å². The lowest BCUT2D eigenvalue weighted by Gasteiger charge is -2.20. The molecule has 128 valence electrons. The summed E-state index contributed by atoms with van der Waals surface area (Å²) in [6.07, 6.45) is 4.24. The number of carbonyl (C=O) groups excluding carboxylic acids is 2. The van der Waals surface area contributed by atoms with Gasteiger partial charge in [0.2, 0.25) is 0 Å². The molecule has 1 aromatic rings. The molecular weight excluding hydrogens is 320 g/mol. The molecule has 0 saturated carbocycles. The Hall–Kier alpha value is -2.86. The van der Waals surface area contributed by atoms with Gasteiger partial charge in [-0.15, -0.1) is 6.42 Å². The highest BCUT2D eigenvalue weighted by Gasteiger charge is 2.40. The van der Waals surface area contributed by atoms with Crippen LogP contribution in [0.3, 0.4) is 0 Å². The lowest BCUT2D eigenvalue weighted by atomic mass is 10.2. The summed E-state index contributed by atoms with van der Waals surface area (Å²) in [6, 6.07) is 0. The van der Waals surface area contributed by atoms with Crippen LogP contribution in [0.25, 0.3) is 0 Å². The summed E-state index contributed by atoms with van der Waals surface area (Å²) in [6.45, 7) is 2.42. The predicted molar refractivity (Wildman–Crippen MR) is 80.0 cm³/mol. The van der Waals surface area contributed by atoms with E-state index in [2.05, 4.69) is 10.9 Å². The van der Waals surface area contributed by atoms with E-state index < -0.39 is 41.6 Å². The largest absolute Gasteiger partial charge is 0.463 e. The van der Waals surface area contributed by atoms with Gasteiger partial charge in [0, 0.05) is 26.5 Å². The molecule has 2 heterocycles. The van der Waals surface area contributed by atoms with Crippen LogP contribution in [0.2, 0.25) is 0 Å². The summed E-state index contributed by atoms with van der Waals surface area (Å²) in [5, 5.41) is 0. The first-order valence-electron chi connectivity index (χ1n) is 7.10. The number of aromatic nitrogens is 2. The summed E-state index contributed by atoms with van der Waals surface area (Å²) in [7, 11) is 0. The summed E-state index contributed by atoms with van der Waals surface area (Å²) in [5.74, 6) is 1.11. The molecule has 24 heavy (non-hydrogen) atoms. The van der Waals surface area contributed by atoms with E-state index >= 15 is 0 Å². The zero-order valence-electron chi connectivity index (χ0n) is 13.1. The normalized spacial score (nSPS) is 22.6. The maximum atomic E-state index is 12.0. The van der Waals surface area contributed by atoms with Crippen molar-refractivity contribution in [2.24, 2.45) is 0 Å². The molecule has 0 amide bonds. The first kappa shape index (κ1) is 17.5. The van der Waals surface area contributed by atoms with E-state index in [1.807, 2.05) is 0 Å². The highest BCUT2D eigenvalue weighted by atomic mass is 16.6. The second-order valence-corrected chi connectivity index (χ2v) is 5.19. The molecule has 1 fully saturated rings. The minimum Gasteiger partial charge on any atom is -0.463 e. The molecule has 0 aliphatic carbocycles. The van der Waals surface area contributed by atoms with Crippen molar-refractivity contribution >= 4 is 11.9 Å². The average Bonchev–Trinajstić information content (AvgIpc) is 2.87. The third kappa shape index (κ3) is 3.91. The van der Waals surface area contributed by atoms with Gasteiger partial charge in [0.25, 0.3) is 5.56 Å². The fraction of sp³-hybridized carbons (Fsp3) is 0.467. The number of nitrogens with one attached hydrogen (secondary N) is 1. The van der Waals surface area contributed by atoms with Crippen LogP contribution in [-0.2, 0) is 23.8 Å². The fourth-order valence-corrected chi connectivity index (χ4v) is 2.37. The molecule has 0 unspecified atom stereocenters. The molecule has 9 heteroatoms. The Morgan fingerprint density at radius 1 is 1.42 bits per heavy atom. The first-order chi connectivity index (χ1) is 11.3. The molecule has 3 atom stereocenters. The Morgan fingerprint density at radius 3 is 2.71 bits per heavy atom. The van der Waals surface area contributed by atoms with Crippen LogP contribution < -0.4 is 11.2 Å². The molecular formula is C15H16N2O7. The first-order valence-corrected chi connectivity index (χ1v) is 7.10. The molecule has 0 spiro atoms. The van der Waals surface area contributed by atoms with Gasteiger partial charge in [0.1, 0.15) is 18.3 Å². The number of rotatable bonds is 4. The number of nitrogens with zero attached hydrogens (tertiary/aromatic N) is 1. The van der Waals surface area contributed by atoms with Gasteiger partial charge >= 0.3 is 17.6 Å². The summed E-state index contributed by atoms with van der Waals surface area (Å²) >= 11 is 0. The van der Waals surface area contributed by atoms with Gasteiger partial charge in [-0.2, -0.15) is 0 Å². The Kier molecular flexibility index (Phi) is 5.21. The van der Waals surface area contributed by atoms with Gasteiger partial charge in [0.15, 0.2) is 6.23 Å². The van der Waals surface area contributed by atoms with Gasteiger partial charge in [-0.05, 0) is 0 Å². The van der Waals surface area contributed by atoms with Crippen molar-refractivity contribution in [3.05, 3.63) is 32.6 Å². The summed E-state index contributed by atoms with van der Waals surface area (Å²) in [4.78, 5) is 47.8. The third-order valence-electron chi connectivity index (χ3n) is 3.33. The highest BCUT2D eigenvalue weighted by molar-refractivity contribution is 5.66. The molecule has 1 aromatic heterocycles. The molecule has 1 saturated heterocycles. The van der Waals surface area contributed by atoms with Crippen LogP contribution in [-0.4, -0.2) is 40.3 Å². The smallest absolute Gasteiger partial charge is 0.330 e. The van der Waals surface area contributed by atoms with Crippen LogP contribution in [0, 0.1) is 12.3 Å². The molecule has 1 N–H and O–H groups in total. The van der Waals surface area contributed by atoms with Gasteiger partial charge in [-0.3, -0.25) is 23.9 Å². The SMILES string of the molecule is C#Cc1cn([C@@H]2O[C@H](COC(C)=O)C[C@H]2OC(C)=O)c(=O)[nH]c1=O. The molecule has 0 radical (unpaired) electrons. The zero-order chi connectivity index (χ0) is 17.9. The topological polar surface area (TPSA) is 117 Å². The number of terminal acetylenes is 1. The van der Waals surface area contributed by atoms with E-state index in [1.165, 1.54) is 13.8 Å². The summed E-state index contributed by atoms with van der Waals surface area (Å²) < 4.78 is 16.7. The van der Waals surface area contributed by atoms with Crippen molar-refractivity contribution < 1.29 is 23.8 Å². The molecule has 9 nitrogen and oxygen atoms in total. The van der Waals surface area contributed by atoms with Gasteiger partial charge in [-0.25, -0.2) is 4.79 Å². The lowest BCUT2D eigenvalue weighted by molar-refractivity contribution is -0.153. The van der Waals surface area contributed by atoms with Gasteiger partial charge in [0.05, 0.1) is 6.10 Å². The number of hydrogen-bond donors (Lipinski definition) is 1. The lowest BCUT2D eigenvalue weighted by Crippen LogP contribution is -2.37. The standard InChI is InChI=1S/C15H16N2O7/c1-4-10-6-17(15(21)16-13(10)20)14-12(23-9(3)19)5-11(24-14)7-22-8(2)18/h1,6,11-12,14H,5,7H2,2-3H3,(H,16,20,21)/t11-,12+,14+/m0/s1. The van der Waals surface area contributed by atoms with Gasteiger partial charge < -0.3 is 14.2 Å². The van der Waals surface area contributed by atoms with Crippen LogP contribution >= 0.6 is 0 Å². The number of carbonyl (C=O) groups is 2. The number of H-pyrrole nitrogens is 1. The quantitative estimate of drug-likeness (QED) is 0.571. The molecule has 1 aliphatic rings. The Morgan fingerprint density at radius 2 is 2.12 bits per heavy atom. The Labute approximate surface area is 136 Å². The van der Waals surface area contributed by atoms with Crippen molar-refractivity contribution in [2.45, 2.75) is 38.7 Å². The maximum absolute atomic E-state index is 12.0. The molecule has 1 aliphatic heterocycles. The number of ether oxygens (including phenoxy) is 3.